The van der Waals surface area contributed by atoms with Gasteiger partial charge in [0.15, 0.2) is 5.82 Å². The van der Waals surface area contributed by atoms with Gasteiger partial charge in [-0.15, -0.1) is 0 Å². The third-order valence-electron chi connectivity index (χ3n) is 3.85. The molecule has 1 aromatic rings. The number of rotatable bonds is 5. The summed E-state index contributed by atoms with van der Waals surface area (Å²) in [5.41, 5.74) is 6.03. The second kappa shape index (κ2) is 7.74. The summed E-state index contributed by atoms with van der Waals surface area (Å²) in [6.45, 7) is 4.41. The molecule has 0 saturated heterocycles. The molecule has 1 atom stereocenters. The fourth-order valence-electron chi connectivity index (χ4n) is 2.64. The van der Waals surface area contributed by atoms with Gasteiger partial charge < -0.3 is 15.0 Å². The van der Waals surface area contributed by atoms with Crippen molar-refractivity contribution < 1.29 is 9.26 Å². The lowest BCUT2D eigenvalue weighted by Gasteiger charge is -2.15. The fraction of sp³-hybridized carbons (Fsp3) is 0.867. The van der Waals surface area contributed by atoms with Crippen molar-refractivity contribution in [3.63, 3.8) is 0 Å². The highest BCUT2D eigenvalue weighted by molar-refractivity contribution is 4.98. The van der Waals surface area contributed by atoms with Gasteiger partial charge >= 0.3 is 0 Å². The van der Waals surface area contributed by atoms with Crippen molar-refractivity contribution in [3.8, 4) is 0 Å². The van der Waals surface area contributed by atoms with Gasteiger partial charge in [0.25, 0.3) is 0 Å². The molecule has 0 aromatic carbocycles. The summed E-state index contributed by atoms with van der Waals surface area (Å²) in [7, 11) is 0. The average Bonchev–Trinajstić information content (AvgIpc) is 2.85. The van der Waals surface area contributed by atoms with Crippen LogP contribution in [0.5, 0.6) is 0 Å². The summed E-state index contributed by atoms with van der Waals surface area (Å²) >= 11 is 0. The molecule has 1 aliphatic carbocycles. The maximum Gasteiger partial charge on any atom is 0.229 e. The van der Waals surface area contributed by atoms with E-state index >= 15 is 0 Å². The molecule has 20 heavy (non-hydrogen) atoms. The van der Waals surface area contributed by atoms with Crippen LogP contribution >= 0.6 is 0 Å². The lowest BCUT2D eigenvalue weighted by atomic mass is 9.91. The van der Waals surface area contributed by atoms with E-state index in [0.717, 1.165) is 18.7 Å². The number of hydrogen-bond acceptors (Lipinski definition) is 5. The normalized spacial score (nSPS) is 19.8. The quantitative estimate of drug-likeness (QED) is 0.896. The molecule has 1 aliphatic rings. The summed E-state index contributed by atoms with van der Waals surface area (Å²) in [4.78, 5) is 4.50. The van der Waals surface area contributed by atoms with E-state index in [4.69, 9.17) is 15.0 Å². The van der Waals surface area contributed by atoms with Crippen LogP contribution in [-0.4, -0.2) is 22.9 Å². The van der Waals surface area contributed by atoms with E-state index < -0.39 is 0 Å². The minimum absolute atomic E-state index is 0.165. The summed E-state index contributed by atoms with van der Waals surface area (Å²) in [6.07, 6.45) is 8.98. The molecule has 2 rings (SSSR count). The van der Waals surface area contributed by atoms with E-state index in [2.05, 4.69) is 10.1 Å². The van der Waals surface area contributed by atoms with Crippen LogP contribution in [0, 0.1) is 0 Å². The second-order valence-corrected chi connectivity index (χ2v) is 6.02. The molecule has 1 unspecified atom stereocenters. The first-order valence-electron chi connectivity index (χ1n) is 7.87. The van der Waals surface area contributed by atoms with E-state index in [1.54, 1.807) is 0 Å². The largest absolute Gasteiger partial charge is 0.377 e. The van der Waals surface area contributed by atoms with Crippen LogP contribution in [0.4, 0.5) is 0 Å². The van der Waals surface area contributed by atoms with Crippen molar-refractivity contribution in [2.75, 3.05) is 6.61 Å². The van der Waals surface area contributed by atoms with Gasteiger partial charge in [-0.2, -0.15) is 4.98 Å². The van der Waals surface area contributed by atoms with E-state index in [0.29, 0.717) is 18.3 Å². The van der Waals surface area contributed by atoms with Crippen molar-refractivity contribution in [1.29, 1.82) is 0 Å². The lowest BCUT2D eigenvalue weighted by molar-refractivity contribution is 0.0665. The van der Waals surface area contributed by atoms with E-state index in [1.165, 1.54) is 32.1 Å². The van der Waals surface area contributed by atoms with Gasteiger partial charge in [-0.1, -0.05) is 37.3 Å². The van der Waals surface area contributed by atoms with Gasteiger partial charge in [0.05, 0.1) is 18.8 Å². The van der Waals surface area contributed by atoms with Crippen molar-refractivity contribution >= 4 is 0 Å². The Kier molecular flexibility index (Phi) is 5.98. The predicted molar refractivity (Wildman–Crippen MR) is 77.4 cm³/mol. The van der Waals surface area contributed by atoms with Crippen LogP contribution in [0.3, 0.4) is 0 Å². The van der Waals surface area contributed by atoms with Crippen molar-refractivity contribution in [2.24, 2.45) is 5.73 Å². The zero-order valence-corrected chi connectivity index (χ0v) is 12.7. The maximum atomic E-state index is 6.03. The molecule has 1 heterocycles. The topological polar surface area (TPSA) is 74.2 Å². The van der Waals surface area contributed by atoms with Crippen LogP contribution in [0.15, 0.2) is 4.52 Å². The molecule has 5 heteroatoms. The number of hydrogen-bond donors (Lipinski definition) is 1. The minimum atomic E-state index is -0.302. The number of ether oxygens (including phenoxy) is 1. The molecule has 2 N–H and O–H groups in total. The van der Waals surface area contributed by atoms with Crippen molar-refractivity contribution in [2.45, 2.75) is 76.9 Å². The Labute approximate surface area is 121 Å². The monoisotopic (exact) mass is 281 g/mol. The van der Waals surface area contributed by atoms with Gasteiger partial charge in [0.1, 0.15) is 0 Å². The van der Waals surface area contributed by atoms with Crippen LogP contribution in [-0.2, 0) is 4.74 Å². The van der Waals surface area contributed by atoms with Crippen molar-refractivity contribution in [3.05, 3.63) is 11.7 Å². The first kappa shape index (κ1) is 15.4. The second-order valence-electron chi connectivity index (χ2n) is 6.02. The zero-order valence-electron chi connectivity index (χ0n) is 12.7. The predicted octanol–water partition coefficient (Wildman–Crippen LogP) is 3.32. The maximum absolute atomic E-state index is 6.03. The summed E-state index contributed by atoms with van der Waals surface area (Å²) in [6, 6.07) is -0.302. The third-order valence-corrected chi connectivity index (χ3v) is 3.85. The minimum Gasteiger partial charge on any atom is -0.377 e. The standard InChI is InChI=1S/C15H27N3O2/c1-11(2)19-10-13(16)14-17-15(20-18-14)12-8-6-4-3-5-7-9-12/h11-13H,3-10,16H2,1-2H3. The van der Waals surface area contributed by atoms with E-state index in [9.17, 15) is 0 Å². The van der Waals surface area contributed by atoms with Crippen LogP contribution in [0.1, 0.15) is 82.5 Å². The Bertz CT molecular complexity index is 384. The molecule has 1 fully saturated rings. The molecule has 114 valence electrons. The average molecular weight is 281 g/mol. The highest BCUT2D eigenvalue weighted by atomic mass is 16.5. The fourth-order valence-corrected chi connectivity index (χ4v) is 2.64. The molecular formula is C15H27N3O2. The highest BCUT2D eigenvalue weighted by Crippen LogP contribution is 2.30. The Morgan fingerprint density at radius 2 is 1.85 bits per heavy atom. The summed E-state index contributed by atoms with van der Waals surface area (Å²) in [5.74, 6) is 1.75. The molecule has 5 nitrogen and oxygen atoms in total. The Balaban J connectivity index is 1.92. The molecule has 0 spiro atoms. The molecule has 0 bridgehead atoms. The zero-order chi connectivity index (χ0) is 14.4. The van der Waals surface area contributed by atoms with Crippen molar-refractivity contribution in [1.82, 2.24) is 10.1 Å². The number of nitrogens with zero attached hydrogens (tertiary/aromatic N) is 2. The van der Waals surface area contributed by atoms with Gasteiger partial charge in [-0.25, -0.2) is 0 Å². The molecule has 1 aromatic heterocycles. The summed E-state index contributed by atoms with van der Waals surface area (Å²) < 4.78 is 10.9. The number of aromatic nitrogens is 2. The lowest BCUT2D eigenvalue weighted by Crippen LogP contribution is -2.21. The Morgan fingerprint density at radius 1 is 1.20 bits per heavy atom. The smallest absolute Gasteiger partial charge is 0.229 e. The molecule has 0 radical (unpaired) electrons. The van der Waals surface area contributed by atoms with E-state index in [1.807, 2.05) is 13.8 Å². The summed E-state index contributed by atoms with van der Waals surface area (Å²) in [5, 5.41) is 4.03. The Hall–Kier alpha value is -0.940. The van der Waals surface area contributed by atoms with Crippen LogP contribution < -0.4 is 5.73 Å². The van der Waals surface area contributed by atoms with Gasteiger partial charge in [0.2, 0.25) is 5.89 Å². The van der Waals surface area contributed by atoms with Gasteiger partial charge in [-0.3, -0.25) is 0 Å². The van der Waals surface area contributed by atoms with E-state index in [-0.39, 0.29) is 12.1 Å². The molecule has 1 saturated carbocycles. The molecular weight excluding hydrogens is 254 g/mol. The van der Waals surface area contributed by atoms with Crippen LogP contribution in [0.25, 0.3) is 0 Å². The first-order chi connectivity index (χ1) is 9.66. The van der Waals surface area contributed by atoms with Gasteiger partial charge in [0, 0.05) is 5.92 Å². The molecule has 0 aliphatic heterocycles. The SMILES string of the molecule is CC(C)OCC(N)c1noc(C2CCCCCCC2)n1. The Morgan fingerprint density at radius 3 is 2.50 bits per heavy atom. The molecule has 0 amide bonds. The third kappa shape index (κ3) is 4.56. The van der Waals surface area contributed by atoms with Gasteiger partial charge in [-0.05, 0) is 26.7 Å². The number of nitrogens with two attached hydrogens (primary N) is 1. The van der Waals surface area contributed by atoms with Crippen LogP contribution in [0.2, 0.25) is 0 Å². The first-order valence-corrected chi connectivity index (χ1v) is 7.87. The highest BCUT2D eigenvalue weighted by Gasteiger charge is 2.22.